The summed E-state index contributed by atoms with van der Waals surface area (Å²) < 4.78 is 0. The van der Waals surface area contributed by atoms with E-state index in [4.69, 9.17) is 0 Å². The first-order valence-corrected chi connectivity index (χ1v) is 13.5. The molecule has 4 fully saturated rings. The summed E-state index contributed by atoms with van der Waals surface area (Å²) in [5.41, 5.74) is 2.09. The van der Waals surface area contributed by atoms with Crippen molar-refractivity contribution in [2.24, 2.45) is 57.2 Å². The second-order valence-electron chi connectivity index (χ2n) is 14.0. The van der Waals surface area contributed by atoms with Crippen LogP contribution >= 0.6 is 0 Å². The van der Waals surface area contributed by atoms with Crippen LogP contribution in [0.15, 0.2) is 11.6 Å². The number of fused-ring (bicyclic) bond motifs is 7. The Kier molecular flexibility index (Phi) is 4.96. The lowest BCUT2D eigenvalue weighted by Crippen LogP contribution is -2.67. The Balaban J connectivity index is 1.59. The fraction of sp³-hybridized carbons (Fsp3) is 0.931. The molecule has 0 amide bonds. The molecule has 5 aliphatic rings. The summed E-state index contributed by atoms with van der Waals surface area (Å²) in [5.74, 6) is 4.20. The van der Waals surface area contributed by atoms with E-state index in [1.165, 1.54) is 32.1 Å². The number of rotatable bonds is 0. The van der Waals surface area contributed by atoms with Crippen molar-refractivity contribution >= 4 is 0 Å². The molecule has 11 atom stereocenters. The summed E-state index contributed by atoms with van der Waals surface area (Å²) in [6.07, 6.45) is 11.5. The number of aliphatic hydroxyl groups excluding tert-OH is 2. The van der Waals surface area contributed by atoms with Gasteiger partial charge in [0.2, 0.25) is 0 Å². The van der Waals surface area contributed by atoms with Gasteiger partial charge in [-0.15, -0.1) is 0 Å². The molecule has 0 bridgehead atoms. The normalized spacial score (nSPS) is 58.3. The van der Waals surface area contributed by atoms with Gasteiger partial charge in [0.25, 0.3) is 0 Å². The van der Waals surface area contributed by atoms with Crippen LogP contribution < -0.4 is 0 Å². The third kappa shape index (κ3) is 2.64. The minimum absolute atomic E-state index is 0.108. The summed E-state index contributed by atoms with van der Waals surface area (Å²) in [5, 5.41) is 22.4. The van der Waals surface area contributed by atoms with Crippen molar-refractivity contribution in [2.45, 2.75) is 112 Å². The maximum Gasteiger partial charge on any atom is 0.0624 e. The van der Waals surface area contributed by atoms with E-state index < -0.39 is 12.2 Å². The van der Waals surface area contributed by atoms with E-state index in [0.29, 0.717) is 18.3 Å². The van der Waals surface area contributed by atoms with E-state index in [1.54, 1.807) is 0 Å². The molecule has 5 aliphatic carbocycles. The molecule has 0 aromatic rings. The van der Waals surface area contributed by atoms with Gasteiger partial charge in [-0.1, -0.05) is 66.5 Å². The highest BCUT2D eigenvalue weighted by molar-refractivity contribution is 5.32. The molecule has 4 saturated carbocycles. The van der Waals surface area contributed by atoms with Gasteiger partial charge in [0, 0.05) is 11.8 Å². The second kappa shape index (κ2) is 6.84. The zero-order valence-electron chi connectivity index (χ0n) is 21.2. The minimum Gasteiger partial charge on any atom is -0.392 e. The van der Waals surface area contributed by atoms with Crippen LogP contribution in [0, 0.1) is 57.2 Å². The standard InChI is InChI=1S/C29H48O2/c1-17-8-9-19-12-14-27(5)20(25(19)18(17)2)10-11-22-28(27,6)15-13-21-26(3,4)23(30)16-24(31)29(21,22)7/h10,17-19,21-25,30-31H,8-9,11-16H2,1-7H3/t17-,18+,19-,21+,22+,23-,24?,25-,27-,28-,29+/m1/s1. The fourth-order valence-corrected chi connectivity index (χ4v) is 10.4. The summed E-state index contributed by atoms with van der Waals surface area (Å²) in [4.78, 5) is 0. The van der Waals surface area contributed by atoms with E-state index >= 15 is 0 Å². The number of hydrogen-bond donors (Lipinski definition) is 2. The van der Waals surface area contributed by atoms with Crippen LogP contribution in [0.2, 0.25) is 0 Å². The van der Waals surface area contributed by atoms with Crippen molar-refractivity contribution in [3.05, 3.63) is 11.6 Å². The molecule has 0 saturated heterocycles. The van der Waals surface area contributed by atoms with Crippen molar-refractivity contribution in [3.63, 3.8) is 0 Å². The molecule has 2 nitrogen and oxygen atoms in total. The van der Waals surface area contributed by atoms with Gasteiger partial charge >= 0.3 is 0 Å². The highest BCUT2D eigenvalue weighted by atomic mass is 16.3. The van der Waals surface area contributed by atoms with Crippen LogP contribution in [0.1, 0.15) is 99.8 Å². The van der Waals surface area contributed by atoms with E-state index in [0.717, 1.165) is 36.5 Å². The highest BCUT2D eigenvalue weighted by Crippen LogP contribution is 2.74. The van der Waals surface area contributed by atoms with Crippen LogP contribution in [0.3, 0.4) is 0 Å². The lowest BCUT2D eigenvalue weighted by molar-refractivity contribution is -0.242. The summed E-state index contributed by atoms with van der Waals surface area (Å²) in [6.45, 7) is 17.2. The van der Waals surface area contributed by atoms with Gasteiger partial charge in [-0.25, -0.2) is 0 Å². The summed E-state index contributed by atoms with van der Waals surface area (Å²) in [7, 11) is 0. The van der Waals surface area contributed by atoms with Crippen LogP contribution in [0.25, 0.3) is 0 Å². The average Bonchev–Trinajstić information content (AvgIpc) is 2.70. The van der Waals surface area contributed by atoms with Crippen molar-refractivity contribution in [3.8, 4) is 0 Å². The monoisotopic (exact) mass is 428 g/mol. The topological polar surface area (TPSA) is 40.5 Å². The molecule has 176 valence electrons. The zero-order valence-corrected chi connectivity index (χ0v) is 21.2. The smallest absolute Gasteiger partial charge is 0.0624 e. The van der Waals surface area contributed by atoms with Crippen LogP contribution in [0.5, 0.6) is 0 Å². The third-order valence-corrected chi connectivity index (χ3v) is 13.0. The Morgan fingerprint density at radius 3 is 2.26 bits per heavy atom. The first-order chi connectivity index (χ1) is 14.4. The SMILES string of the molecule is C[C@@H]1[C@H]2C3=CC[C@@H]4[C@@]5(C)C(O)C[C@@H](O)C(C)(C)[C@@H]5CC[C@@]4(C)[C@]3(C)CC[C@H]2CC[C@H]1C. The maximum atomic E-state index is 11.5. The Morgan fingerprint density at radius 1 is 0.839 bits per heavy atom. The van der Waals surface area contributed by atoms with Crippen molar-refractivity contribution in [1.82, 2.24) is 0 Å². The van der Waals surface area contributed by atoms with Gasteiger partial charge in [0.15, 0.2) is 0 Å². The van der Waals surface area contributed by atoms with Gasteiger partial charge in [-0.05, 0) is 90.3 Å². The number of allylic oxidation sites excluding steroid dienone is 2. The molecule has 2 heteroatoms. The van der Waals surface area contributed by atoms with Crippen molar-refractivity contribution < 1.29 is 10.2 Å². The molecule has 0 radical (unpaired) electrons. The van der Waals surface area contributed by atoms with E-state index in [9.17, 15) is 10.2 Å². The lowest BCUT2D eigenvalue weighted by atomic mass is 9.34. The predicted molar refractivity (Wildman–Crippen MR) is 127 cm³/mol. The highest BCUT2D eigenvalue weighted by Gasteiger charge is 2.69. The molecule has 2 N–H and O–H groups in total. The molecule has 0 spiro atoms. The van der Waals surface area contributed by atoms with Gasteiger partial charge in [-0.2, -0.15) is 0 Å². The molecular weight excluding hydrogens is 380 g/mol. The summed E-state index contributed by atoms with van der Waals surface area (Å²) in [6, 6.07) is 0. The Bertz CT molecular complexity index is 767. The van der Waals surface area contributed by atoms with E-state index in [-0.39, 0.29) is 21.7 Å². The minimum atomic E-state index is -0.395. The fourth-order valence-electron chi connectivity index (χ4n) is 10.4. The Morgan fingerprint density at radius 2 is 1.55 bits per heavy atom. The Hall–Kier alpha value is -0.340. The predicted octanol–water partition coefficient (Wildman–Crippen LogP) is 6.61. The molecule has 5 rings (SSSR count). The lowest BCUT2D eigenvalue weighted by Gasteiger charge is -2.71. The van der Waals surface area contributed by atoms with Gasteiger partial charge in [-0.3, -0.25) is 0 Å². The molecule has 31 heavy (non-hydrogen) atoms. The largest absolute Gasteiger partial charge is 0.392 e. The van der Waals surface area contributed by atoms with E-state index in [1.807, 2.05) is 5.57 Å². The van der Waals surface area contributed by atoms with Crippen LogP contribution in [-0.2, 0) is 0 Å². The van der Waals surface area contributed by atoms with Crippen LogP contribution in [0.4, 0.5) is 0 Å². The Labute approximate surface area is 191 Å². The van der Waals surface area contributed by atoms with Crippen LogP contribution in [-0.4, -0.2) is 22.4 Å². The number of hydrogen-bond acceptors (Lipinski definition) is 2. The zero-order chi connectivity index (χ0) is 22.6. The average molecular weight is 429 g/mol. The molecule has 0 aromatic carbocycles. The van der Waals surface area contributed by atoms with Crippen molar-refractivity contribution in [2.75, 3.05) is 0 Å². The quantitative estimate of drug-likeness (QED) is 0.426. The second-order valence-corrected chi connectivity index (χ2v) is 14.0. The molecular formula is C29H48O2. The third-order valence-electron chi connectivity index (χ3n) is 13.0. The first kappa shape index (κ1) is 22.5. The number of aliphatic hydroxyl groups is 2. The van der Waals surface area contributed by atoms with Gasteiger partial charge < -0.3 is 10.2 Å². The molecule has 0 aromatic heterocycles. The maximum absolute atomic E-state index is 11.5. The summed E-state index contributed by atoms with van der Waals surface area (Å²) >= 11 is 0. The molecule has 0 aliphatic heterocycles. The molecule has 0 heterocycles. The van der Waals surface area contributed by atoms with E-state index in [2.05, 4.69) is 54.5 Å². The van der Waals surface area contributed by atoms with Crippen molar-refractivity contribution in [1.29, 1.82) is 0 Å². The first-order valence-electron chi connectivity index (χ1n) is 13.5. The van der Waals surface area contributed by atoms with Gasteiger partial charge in [0.05, 0.1) is 12.2 Å². The molecule has 1 unspecified atom stereocenters. The van der Waals surface area contributed by atoms with Gasteiger partial charge in [0.1, 0.15) is 0 Å².